The fourth-order valence-electron chi connectivity index (χ4n) is 2.35. The van der Waals surface area contributed by atoms with E-state index >= 15 is 0 Å². The van der Waals surface area contributed by atoms with E-state index in [9.17, 15) is 14.7 Å². The number of nitrogens with one attached hydrogen (secondary N) is 1. The predicted molar refractivity (Wildman–Crippen MR) is 75.2 cm³/mol. The van der Waals surface area contributed by atoms with Crippen molar-refractivity contribution >= 4 is 17.7 Å². The Bertz CT molecular complexity index is 551. The van der Waals surface area contributed by atoms with Gasteiger partial charge in [0.2, 0.25) is 0 Å². The number of hydrogen-bond donors (Lipinski definition) is 2. The number of carboxylic acids is 1. The van der Waals surface area contributed by atoms with Gasteiger partial charge in [-0.25, -0.2) is 9.59 Å². The summed E-state index contributed by atoms with van der Waals surface area (Å²) in [5, 5.41) is 11.7. The van der Waals surface area contributed by atoms with Crippen LogP contribution in [0.3, 0.4) is 0 Å². The summed E-state index contributed by atoms with van der Waals surface area (Å²) in [6.07, 6.45) is 4.72. The minimum absolute atomic E-state index is 0.0825. The van der Waals surface area contributed by atoms with Crippen LogP contribution in [0.25, 0.3) is 0 Å². The normalized spacial score (nSPS) is 13.2. The van der Waals surface area contributed by atoms with Crippen molar-refractivity contribution in [1.29, 1.82) is 0 Å². The van der Waals surface area contributed by atoms with Gasteiger partial charge in [0.25, 0.3) is 0 Å². The van der Waals surface area contributed by atoms with Crippen molar-refractivity contribution in [2.24, 2.45) is 0 Å². The van der Waals surface area contributed by atoms with Crippen LogP contribution in [-0.2, 0) is 17.6 Å². The summed E-state index contributed by atoms with van der Waals surface area (Å²) in [5.74, 6) is -1.06. The van der Waals surface area contributed by atoms with Crippen molar-refractivity contribution in [2.75, 3.05) is 11.9 Å². The van der Waals surface area contributed by atoms with Gasteiger partial charge in [-0.1, -0.05) is 12.7 Å². The molecule has 20 heavy (non-hydrogen) atoms. The van der Waals surface area contributed by atoms with Gasteiger partial charge in [0.05, 0.1) is 11.3 Å². The van der Waals surface area contributed by atoms with Crippen molar-refractivity contribution < 1.29 is 19.4 Å². The Hall–Kier alpha value is -2.30. The number of carbonyl (C=O) groups is 2. The summed E-state index contributed by atoms with van der Waals surface area (Å²) in [5.41, 5.74) is 2.53. The van der Waals surface area contributed by atoms with Crippen LogP contribution in [0.2, 0.25) is 0 Å². The highest BCUT2D eigenvalue weighted by molar-refractivity contribution is 5.99. The first-order valence-electron chi connectivity index (χ1n) is 6.55. The van der Waals surface area contributed by atoms with E-state index in [1.54, 1.807) is 12.1 Å². The Kier molecular flexibility index (Phi) is 4.40. The maximum Gasteiger partial charge on any atom is 0.411 e. The molecule has 1 amide bonds. The molecule has 2 N–H and O–H groups in total. The summed E-state index contributed by atoms with van der Waals surface area (Å²) < 4.78 is 4.81. The highest BCUT2D eigenvalue weighted by Gasteiger charge is 2.18. The first-order valence-corrected chi connectivity index (χ1v) is 6.55. The topological polar surface area (TPSA) is 75.6 Å². The van der Waals surface area contributed by atoms with Crippen LogP contribution in [0.4, 0.5) is 10.5 Å². The number of anilines is 1. The quantitative estimate of drug-likeness (QED) is 0.828. The highest BCUT2D eigenvalue weighted by atomic mass is 16.5. The van der Waals surface area contributed by atoms with Crippen LogP contribution >= 0.6 is 0 Å². The molecule has 5 nitrogen and oxygen atoms in total. The van der Waals surface area contributed by atoms with Crippen molar-refractivity contribution in [3.63, 3.8) is 0 Å². The molecule has 0 aliphatic heterocycles. The average molecular weight is 275 g/mol. The van der Waals surface area contributed by atoms with E-state index in [0.29, 0.717) is 0 Å². The van der Waals surface area contributed by atoms with Crippen LogP contribution in [0, 0.1) is 0 Å². The SMILES string of the molecule is C=CCOC(=O)Nc1cc2c(cc1C(=O)O)CCCC2. The molecule has 0 aromatic heterocycles. The van der Waals surface area contributed by atoms with Crippen LogP contribution in [-0.4, -0.2) is 23.8 Å². The van der Waals surface area contributed by atoms with Crippen molar-refractivity contribution in [3.8, 4) is 0 Å². The zero-order chi connectivity index (χ0) is 14.5. The monoisotopic (exact) mass is 275 g/mol. The Morgan fingerprint density at radius 3 is 2.55 bits per heavy atom. The Morgan fingerprint density at radius 1 is 1.30 bits per heavy atom. The van der Waals surface area contributed by atoms with Gasteiger partial charge in [0, 0.05) is 0 Å². The fraction of sp³-hybridized carbons (Fsp3) is 0.333. The molecule has 5 heteroatoms. The molecule has 0 heterocycles. The third kappa shape index (κ3) is 3.17. The third-order valence-corrected chi connectivity index (χ3v) is 3.28. The largest absolute Gasteiger partial charge is 0.478 e. The van der Waals surface area contributed by atoms with Crippen molar-refractivity contribution in [2.45, 2.75) is 25.7 Å². The average Bonchev–Trinajstić information content (AvgIpc) is 2.44. The van der Waals surface area contributed by atoms with Crippen LogP contribution in [0.1, 0.15) is 34.3 Å². The Balaban J connectivity index is 2.27. The van der Waals surface area contributed by atoms with Gasteiger partial charge in [-0.2, -0.15) is 0 Å². The fourth-order valence-corrected chi connectivity index (χ4v) is 2.35. The summed E-state index contributed by atoms with van der Waals surface area (Å²) in [6.45, 7) is 3.53. The molecule has 0 spiro atoms. The molecule has 1 aliphatic carbocycles. The molecule has 1 aliphatic rings. The Morgan fingerprint density at radius 2 is 1.95 bits per heavy atom. The lowest BCUT2D eigenvalue weighted by atomic mass is 9.89. The molecule has 0 bridgehead atoms. The van der Waals surface area contributed by atoms with Crippen LogP contribution in [0.5, 0.6) is 0 Å². The van der Waals surface area contributed by atoms with Crippen molar-refractivity contribution in [1.82, 2.24) is 0 Å². The number of hydrogen-bond acceptors (Lipinski definition) is 3. The van der Waals surface area contributed by atoms with E-state index in [-0.39, 0.29) is 17.9 Å². The molecule has 0 saturated carbocycles. The minimum Gasteiger partial charge on any atom is -0.478 e. The summed E-state index contributed by atoms with van der Waals surface area (Å²) in [7, 11) is 0. The number of aromatic carboxylic acids is 1. The number of benzene rings is 1. The van der Waals surface area contributed by atoms with E-state index in [0.717, 1.165) is 36.8 Å². The second kappa shape index (κ2) is 6.23. The zero-order valence-corrected chi connectivity index (χ0v) is 11.1. The second-order valence-electron chi connectivity index (χ2n) is 4.69. The van der Waals surface area contributed by atoms with E-state index in [1.807, 2.05) is 0 Å². The third-order valence-electron chi connectivity index (χ3n) is 3.28. The lowest BCUT2D eigenvalue weighted by Gasteiger charge is -2.18. The number of amides is 1. The van der Waals surface area contributed by atoms with Gasteiger partial charge in [-0.15, -0.1) is 0 Å². The molecule has 0 atom stereocenters. The maximum absolute atomic E-state index is 11.5. The van der Waals surface area contributed by atoms with Gasteiger partial charge >= 0.3 is 12.1 Å². The second-order valence-corrected chi connectivity index (χ2v) is 4.69. The molecule has 0 fully saturated rings. The smallest absolute Gasteiger partial charge is 0.411 e. The minimum atomic E-state index is -1.06. The van der Waals surface area contributed by atoms with E-state index in [4.69, 9.17) is 4.74 Å². The summed E-state index contributed by atoms with van der Waals surface area (Å²) in [6, 6.07) is 3.40. The summed E-state index contributed by atoms with van der Waals surface area (Å²) in [4.78, 5) is 22.8. The molecule has 2 rings (SSSR count). The van der Waals surface area contributed by atoms with E-state index in [2.05, 4.69) is 11.9 Å². The van der Waals surface area contributed by atoms with Crippen LogP contribution in [0.15, 0.2) is 24.8 Å². The van der Waals surface area contributed by atoms with Crippen LogP contribution < -0.4 is 5.32 Å². The number of ether oxygens (including phenoxy) is 1. The van der Waals surface area contributed by atoms with Gasteiger partial charge in [-0.3, -0.25) is 5.32 Å². The molecule has 1 aromatic rings. The van der Waals surface area contributed by atoms with Gasteiger partial charge in [0.15, 0.2) is 0 Å². The molecular weight excluding hydrogens is 258 g/mol. The molecule has 106 valence electrons. The number of carbonyl (C=O) groups excluding carboxylic acids is 1. The molecule has 0 saturated heterocycles. The van der Waals surface area contributed by atoms with Crippen molar-refractivity contribution in [3.05, 3.63) is 41.5 Å². The van der Waals surface area contributed by atoms with E-state index in [1.165, 1.54) is 6.08 Å². The molecule has 0 radical (unpaired) electrons. The predicted octanol–water partition coefficient (Wildman–Crippen LogP) is 3.00. The standard InChI is InChI=1S/C15H17NO4/c1-2-7-20-15(19)16-13-9-11-6-4-3-5-10(11)8-12(13)14(17)18/h2,8-9H,1,3-7H2,(H,16,19)(H,17,18). The number of aryl methyl sites for hydroxylation is 2. The lowest BCUT2D eigenvalue weighted by molar-refractivity contribution is 0.0698. The number of fused-ring (bicyclic) bond motifs is 1. The highest BCUT2D eigenvalue weighted by Crippen LogP contribution is 2.28. The molecular formula is C15H17NO4. The maximum atomic E-state index is 11.5. The first-order chi connectivity index (χ1) is 9.61. The molecule has 1 aromatic carbocycles. The zero-order valence-electron chi connectivity index (χ0n) is 11.1. The van der Waals surface area contributed by atoms with E-state index < -0.39 is 12.1 Å². The molecule has 0 unspecified atom stereocenters. The summed E-state index contributed by atoms with van der Waals surface area (Å²) >= 11 is 0. The lowest BCUT2D eigenvalue weighted by Crippen LogP contribution is -2.17. The first kappa shape index (κ1) is 14.1. The van der Waals surface area contributed by atoms with Gasteiger partial charge in [0.1, 0.15) is 6.61 Å². The van der Waals surface area contributed by atoms with Gasteiger partial charge < -0.3 is 9.84 Å². The number of carboxylic acid groups (broad SMARTS) is 1. The van der Waals surface area contributed by atoms with Gasteiger partial charge in [-0.05, 0) is 48.9 Å². The Labute approximate surface area is 117 Å². The number of rotatable bonds is 4.